The molecule has 0 aromatic rings. The van der Waals surface area contributed by atoms with E-state index in [0.717, 1.165) is 12.8 Å². The molecule has 2 heteroatoms. The van der Waals surface area contributed by atoms with Gasteiger partial charge in [0.1, 0.15) is 5.78 Å². The van der Waals surface area contributed by atoms with Crippen molar-refractivity contribution in [2.45, 2.75) is 68.2 Å². The largest absolute Gasteiger partial charge is 0.341 e. The van der Waals surface area contributed by atoms with Crippen molar-refractivity contribution < 1.29 is 37.5 Å². The maximum atomic E-state index is 11.1. The quantitative estimate of drug-likeness (QED) is 0.606. The van der Waals surface area contributed by atoms with Gasteiger partial charge in [0.05, 0.1) is 0 Å². The average Bonchev–Trinajstić information content (AvgIpc) is 1.96. The fourth-order valence-corrected chi connectivity index (χ4v) is 0.994. The Morgan fingerprint density at radius 2 is 0.895 bits per heavy atom. The van der Waals surface area contributed by atoms with Crippen molar-refractivity contribution in [1.29, 1.82) is 0 Å². The molecule has 0 aliphatic heterocycles. The molecule has 0 unspecified atom stereocenters. The van der Waals surface area contributed by atoms with Gasteiger partial charge in [-0.2, -0.15) is 11.8 Å². The summed E-state index contributed by atoms with van der Waals surface area (Å²) in [5.41, 5.74) is 0. The van der Waals surface area contributed by atoms with E-state index in [-0.39, 0.29) is 32.7 Å². The third-order valence-corrected chi connectivity index (χ3v) is 1.27. The van der Waals surface area contributed by atoms with E-state index in [1.165, 1.54) is 0 Å². The van der Waals surface area contributed by atoms with Crippen LogP contribution in [-0.2, 0) is 37.5 Å². The number of carbonyl (C=O) groups excluding carboxylic acids is 1. The number of hydrogen-bond donors (Lipinski definition) is 0. The fraction of sp³-hybridized carbons (Fsp3) is 0.824. The third-order valence-electron chi connectivity index (χ3n) is 1.27. The van der Waals surface area contributed by atoms with E-state index in [2.05, 4.69) is 69.2 Å². The second-order valence-electron chi connectivity index (χ2n) is 6.52. The number of rotatable bonds is 4. The zero-order valence-electron chi connectivity index (χ0n) is 14.6. The molecule has 0 amide bonds. The van der Waals surface area contributed by atoms with Crippen LogP contribution in [0.25, 0.3) is 0 Å². The van der Waals surface area contributed by atoms with E-state index < -0.39 is 0 Å². The summed E-state index contributed by atoms with van der Waals surface area (Å²) >= 11 is 0. The normalized spacial score (nSPS) is 9.58. The van der Waals surface area contributed by atoms with Crippen LogP contribution in [0.3, 0.4) is 0 Å². The van der Waals surface area contributed by atoms with Crippen LogP contribution >= 0.6 is 0 Å². The van der Waals surface area contributed by atoms with Gasteiger partial charge in [0.25, 0.3) is 0 Å². The van der Waals surface area contributed by atoms with Gasteiger partial charge in [-0.3, -0.25) is 4.79 Å². The maximum Gasteiger partial charge on any atom is 0.133 e. The smallest absolute Gasteiger partial charge is 0.133 e. The standard InChI is InChI=1S/C9H18O.2C4H9.Y/c1-7(2)5-9(10)6-8(3)4;2*1-4(2)3;/h7-8H,5-6H2,1-4H3;2*4H,1H2,2-3H3;/q;2*-1;. The van der Waals surface area contributed by atoms with Crippen LogP contribution in [0.5, 0.6) is 0 Å². The van der Waals surface area contributed by atoms with Crippen LogP contribution in [0.1, 0.15) is 68.2 Å². The number of hydrogen-bond acceptors (Lipinski definition) is 1. The molecule has 0 aliphatic rings. The van der Waals surface area contributed by atoms with Crippen LogP contribution in [0.4, 0.5) is 0 Å². The fourth-order valence-electron chi connectivity index (χ4n) is 0.994. The Kier molecular flexibility index (Phi) is 27.7. The van der Waals surface area contributed by atoms with E-state index in [9.17, 15) is 4.79 Å². The summed E-state index contributed by atoms with van der Waals surface area (Å²) in [5.74, 6) is 2.61. The van der Waals surface area contributed by atoms with Gasteiger partial charge in [0.15, 0.2) is 0 Å². The van der Waals surface area contributed by atoms with Crippen molar-refractivity contribution in [2.24, 2.45) is 23.7 Å². The summed E-state index contributed by atoms with van der Waals surface area (Å²) in [4.78, 5) is 11.1. The minimum absolute atomic E-state index is 0. The first kappa shape index (κ1) is 28.0. The van der Waals surface area contributed by atoms with Crippen molar-refractivity contribution in [3.8, 4) is 0 Å². The Hall–Kier alpha value is 0.774. The maximum absolute atomic E-state index is 11.1. The molecule has 0 heterocycles. The molecule has 0 rings (SSSR count). The Morgan fingerprint density at radius 3 is 1.00 bits per heavy atom. The van der Waals surface area contributed by atoms with Crippen LogP contribution in [0.15, 0.2) is 0 Å². The summed E-state index contributed by atoms with van der Waals surface area (Å²) in [6.07, 6.45) is 1.50. The van der Waals surface area contributed by atoms with Crippen LogP contribution < -0.4 is 0 Å². The molecule has 0 spiro atoms. The van der Waals surface area contributed by atoms with Crippen molar-refractivity contribution in [3.05, 3.63) is 13.8 Å². The molecule has 0 fully saturated rings. The van der Waals surface area contributed by atoms with E-state index in [0.29, 0.717) is 29.5 Å². The molecule has 0 saturated heterocycles. The summed E-state index contributed by atoms with van der Waals surface area (Å²) < 4.78 is 0. The number of carbonyl (C=O) groups is 1. The van der Waals surface area contributed by atoms with Gasteiger partial charge in [-0.05, 0) is 11.8 Å². The first-order chi connectivity index (χ1) is 7.98. The molecular weight excluding hydrogens is 309 g/mol. The zero-order chi connectivity index (χ0) is 15.3. The SMILES string of the molecule is CC(C)CC(=O)CC(C)C.[CH2-]C(C)C.[CH2-]C(C)C.[Y]. The monoisotopic (exact) mass is 345 g/mol. The average molecular weight is 345 g/mol. The number of ketones is 1. The van der Waals surface area contributed by atoms with Crippen molar-refractivity contribution in [3.63, 3.8) is 0 Å². The van der Waals surface area contributed by atoms with Crippen LogP contribution in [0, 0.1) is 37.5 Å². The Labute approximate surface area is 148 Å². The topological polar surface area (TPSA) is 17.1 Å². The Morgan fingerprint density at radius 1 is 0.737 bits per heavy atom. The molecule has 115 valence electrons. The first-order valence-corrected chi connectivity index (χ1v) is 7.16. The second kappa shape index (κ2) is 18.8. The summed E-state index contributed by atoms with van der Waals surface area (Å²) in [7, 11) is 0. The van der Waals surface area contributed by atoms with Crippen molar-refractivity contribution in [2.75, 3.05) is 0 Å². The van der Waals surface area contributed by atoms with Crippen molar-refractivity contribution >= 4 is 5.78 Å². The molecule has 1 nitrogen and oxygen atoms in total. The molecule has 0 aromatic heterocycles. The molecule has 19 heavy (non-hydrogen) atoms. The van der Waals surface area contributed by atoms with E-state index in [1.54, 1.807) is 0 Å². The second-order valence-corrected chi connectivity index (χ2v) is 6.52. The van der Waals surface area contributed by atoms with Gasteiger partial charge >= 0.3 is 0 Å². The molecule has 0 aromatic carbocycles. The summed E-state index contributed by atoms with van der Waals surface area (Å²) in [6.45, 7) is 23.8. The van der Waals surface area contributed by atoms with Crippen LogP contribution in [0.2, 0.25) is 0 Å². The van der Waals surface area contributed by atoms with Gasteiger partial charge in [0, 0.05) is 45.6 Å². The zero-order valence-corrected chi connectivity index (χ0v) is 17.5. The molecule has 0 atom stereocenters. The Bertz CT molecular complexity index is 149. The van der Waals surface area contributed by atoms with E-state index >= 15 is 0 Å². The number of Topliss-reactive ketones (excluding diaryl/α,β-unsaturated/α-hetero) is 1. The predicted molar refractivity (Wildman–Crippen MR) is 84.3 cm³/mol. The summed E-state index contributed by atoms with van der Waals surface area (Å²) in [6, 6.07) is 0. The predicted octanol–water partition coefficient (Wildman–Crippen LogP) is 5.60. The molecule has 1 radical (unpaired) electrons. The van der Waals surface area contributed by atoms with E-state index in [1.807, 2.05) is 0 Å². The third kappa shape index (κ3) is 68.6. The van der Waals surface area contributed by atoms with Gasteiger partial charge < -0.3 is 13.8 Å². The van der Waals surface area contributed by atoms with Gasteiger partial charge in [-0.25, -0.2) is 0 Å². The van der Waals surface area contributed by atoms with E-state index in [4.69, 9.17) is 0 Å². The van der Waals surface area contributed by atoms with Crippen LogP contribution in [-0.4, -0.2) is 5.78 Å². The molecule has 0 bridgehead atoms. The van der Waals surface area contributed by atoms with Gasteiger partial charge in [-0.15, -0.1) is 0 Å². The molecule has 0 aliphatic carbocycles. The molecular formula is C17H36OY-2. The minimum Gasteiger partial charge on any atom is -0.341 e. The first-order valence-electron chi connectivity index (χ1n) is 7.16. The molecule has 0 saturated carbocycles. The van der Waals surface area contributed by atoms with Gasteiger partial charge in [0.2, 0.25) is 0 Å². The Balaban J connectivity index is -0.000000105. The van der Waals surface area contributed by atoms with Gasteiger partial charge in [-0.1, -0.05) is 55.4 Å². The minimum atomic E-state index is 0. The molecule has 0 N–H and O–H groups in total. The summed E-state index contributed by atoms with van der Waals surface area (Å²) in [5, 5.41) is 0. The van der Waals surface area contributed by atoms with Crippen molar-refractivity contribution in [1.82, 2.24) is 0 Å².